The minimum atomic E-state index is -0.999. The Balaban J connectivity index is 2.16. The number of pyridine rings is 1. The van der Waals surface area contributed by atoms with E-state index >= 15 is 0 Å². The van der Waals surface area contributed by atoms with E-state index in [9.17, 15) is 4.79 Å². The lowest BCUT2D eigenvalue weighted by Gasteiger charge is -2.09. The van der Waals surface area contributed by atoms with Crippen molar-refractivity contribution >= 4 is 5.97 Å². The average Bonchev–Trinajstić information content (AvgIpc) is 2.39. The maximum Gasteiger partial charge on any atom is 0.337 e. The molecule has 0 aliphatic heterocycles. The minimum Gasteiger partial charge on any atom is -0.478 e. The highest BCUT2D eigenvalue weighted by molar-refractivity contribution is 5.87. The summed E-state index contributed by atoms with van der Waals surface area (Å²) in [6.07, 6.45) is 1.28. The third-order valence-corrected chi connectivity index (χ3v) is 2.73. The second-order valence-corrected chi connectivity index (χ2v) is 4.52. The highest BCUT2D eigenvalue weighted by atomic mass is 16.5. The number of nitrogens with zero attached hydrogens (tertiary/aromatic N) is 1. The van der Waals surface area contributed by atoms with Gasteiger partial charge in [-0.2, -0.15) is 0 Å². The topological polar surface area (TPSA) is 59.4 Å². The molecule has 4 nitrogen and oxygen atoms in total. The van der Waals surface area contributed by atoms with Gasteiger partial charge < -0.3 is 9.84 Å². The molecule has 0 atom stereocenters. The smallest absolute Gasteiger partial charge is 0.337 e. The number of benzene rings is 1. The van der Waals surface area contributed by atoms with E-state index in [4.69, 9.17) is 9.84 Å². The Labute approximate surface area is 111 Å². The largest absolute Gasteiger partial charge is 0.478 e. The van der Waals surface area contributed by atoms with Crippen molar-refractivity contribution in [1.82, 2.24) is 4.98 Å². The van der Waals surface area contributed by atoms with E-state index in [1.807, 2.05) is 24.3 Å². The number of carboxylic acid groups (broad SMARTS) is 1. The van der Waals surface area contributed by atoms with Gasteiger partial charge in [0.25, 0.3) is 0 Å². The Bertz CT molecular complexity index is 576. The molecule has 0 aliphatic rings. The van der Waals surface area contributed by atoms with Crippen LogP contribution in [0.2, 0.25) is 0 Å². The summed E-state index contributed by atoms with van der Waals surface area (Å²) in [5.74, 6) is 0.499. The standard InChI is InChI=1S/C15H15NO3/c1-10(2)11-4-3-5-13(8-11)19-14-7-6-12(9-16-14)15(17)18/h3-10H,1-2H3,(H,17,18). The fourth-order valence-corrected chi connectivity index (χ4v) is 1.63. The summed E-state index contributed by atoms with van der Waals surface area (Å²) < 4.78 is 5.60. The summed E-state index contributed by atoms with van der Waals surface area (Å²) in [5, 5.41) is 8.78. The molecule has 0 saturated carbocycles. The van der Waals surface area contributed by atoms with Crippen molar-refractivity contribution in [2.45, 2.75) is 19.8 Å². The van der Waals surface area contributed by atoms with E-state index in [1.165, 1.54) is 17.8 Å². The number of carbonyl (C=O) groups is 1. The fourth-order valence-electron chi connectivity index (χ4n) is 1.63. The summed E-state index contributed by atoms with van der Waals surface area (Å²) in [6.45, 7) is 4.22. The molecule has 98 valence electrons. The molecule has 0 spiro atoms. The predicted molar refractivity (Wildman–Crippen MR) is 71.8 cm³/mol. The van der Waals surface area contributed by atoms with E-state index < -0.39 is 5.97 Å². The third kappa shape index (κ3) is 3.31. The third-order valence-electron chi connectivity index (χ3n) is 2.73. The quantitative estimate of drug-likeness (QED) is 0.907. The van der Waals surface area contributed by atoms with Crippen molar-refractivity contribution in [2.24, 2.45) is 0 Å². The highest BCUT2D eigenvalue weighted by Crippen LogP contribution is 2.24. The number of ether oxygens (including phenoxy) is 1. The molecule has 19 heavy (non-hydrogen) atoms. The van der Waals surface area contributed by atoms with Gasteiger partial charge in [0.2, 0.25) is 5.88 Å². The molecule has 1 aromatic heterocycles. The molecule has 1 N–H and O–H groups in total. The van der Waals surface area contributed by atoms with Crippen LogP contribution in [0.3, 0.4) is 0 Å². The van der Waals surface area contributed by atoms with Crippen molar-refractivity contribution < 1.29 is 14.6 Å². The molecule has 2 aromatic rings. The molecule has 0 aliphatic carbocycles. The van der Waals surface area contributed by atoms with Crippen LogP contribution >= 0.6 is 0 Å². The van der Waals surface area contributed by atoms with Gasteiger partial charge in [-0.3, -0.25) is 0 Å². The molecular formula is C15H15NO3. The van der Waals surface area contributed by atoms with E-state index in [0.717, 1.165) is 0 Å². The Hall–Kier alpha value is -2.36. The first-order chi connectivity index (χ1) is 9.06. The zero-order chi connectivity index (χ0) is 13.8. The maximum absolute atomic E-state index is 10.7. The van der Waals surface area contributed by atoms with Gasteiger partial charge >= 0.3 is 5.97 Å². The lowest BCUT2D eigenvalue weighted by molar-refractivity contribution is 0.0696. The van der Waals surface area contributed by atoms with Crippen LogP contribution in [0.1, 0.15) is 35.7 Å². The summed E-state index contributed by atoms with van der Waals surface area (Å²) in [6, 6.07) is 10.8. The van der Waals surface area contributed by atoms with E-state index in [2.05, 4.69) is 18.8 Å². The van der Waals surface area contributed by atoms with Crippen molar-refractivity contribution in [3.8, 4) is 11.6 Å². The molecule has 0 saturated heterocycles. The van der Waals surface area contributed by atoms with E-state index in [0.29, 0.717) is 17.5 Å². The molecule has 0 fully saturated rings. The molecule has 0 unspecified atom stereocenters. The number of hydrogen-bond acceptors (Lipinski definition) is 3. The predicted octanol–water partition coefficient (Wildman–Crippen LogP) is 3.70. The Morgan fingerprint density at radius 2 is 2.05 bits per heavy atom. The number of aromatic carboxylic acids is 1. The summed E-state index contributed by atoms with van der Waals surface area (Å²) in [7, 11) is 0. The summed E-state index contributed by atoms with van der Waals surface area (Å²) in [5.41, 5.74) is 1.32. The highest BCUT2D eigenvalue weighted by Gasteiger charge is 2.05. The van der Waals surface area contributed by atoms with Gasteiger partial charge in [-0.15, -0.1) is 0 Å². The zero-order valence-corrected chi connectivity index (χ0v) is 10.8. The lowest BCUT2D eigenvalue weighted by atomic mass is 10.0. The van der Waals surface area contributed by atoms with Crippen LogP contribution in [0, 0.1) is 0 Å². The Kier molecular flexibility index (Phi) is 3.80. The SMILES string of the molecule is CC(C)c1cccc(Oc2ccc(C(=O)O)cn2)c1. The van der Waals surface area contributed by atoms with Crippen LogP contribution < -0.4 is 4.74 Å². The first kappa shape index (κ1) is 13.1. The zero-order valence-electron chi connectivity index (χ0n) is 10.8. The molecular weight excluding hydrogens is 242 g/mol. The van der Waals surface area contributed by atoms with Crippen LogP contribution in [0.5, 0.6) is 11.6 Å². The molecule has 1 heterocycles. The molecule has 4 heteroatoms. The maximum atomic E-state index is 10.7. The normalized spacial score (nSPS) is 10.5. The summed E-state index contributed by atoms with van der Waals surface area (Å²) >= 11 is 0. The van der Waals surface area contributed by atoms with E-state index in [1.54, 1.807) is 6.07 Å². The van der Waals surface area contributed by atoms with Crippen molar-refractivity contribution in [3.63, 3.8) is 0 Å². The van der Waals surface area contributed by atoms with Gasteiger partial charge in [-0.25, -0.2) is 9.78 Å². The van der Waals surface area contributed by atoms with Crippen molar-refractivity contribution in [2.75, 3.05) is 0 Å². The summed E-state index contributed by atoms with van der Waals surface area (Å²) in [4.78, 5) is 14.7. The van der Waals surface area contributed by atoms with Gasteiger partial charge in [0.05, 0.1) is 5.56 Å². The van der Waals surface area contributed by atoms with Crippen LogP contribution in [-0.2, 0) is 0 Å². The first-order valence-corrected chi connectivity index (χ1v) is 6.03. The number of carboxylic acids is 1. The fraction of sp³-hybridized carbons (Fsp3) is 0.200. The molecule has 0 bridgehead atoms. The Morgan fingerprint density at radius 1 is 1.26 bits per heavy atom. The van der Waals surface area contributed by atoms with Crippen LogP contribution in [0.4, 0.5) is 0 Å². The molecule has 0 radical (unpaired) electrons. The average molecular weight is 257 g/mol. The second kappa shape index (κ2) is 5.52. The minimum absolute atomic E-state index is 0.142. The molecule has 1 aromatic carbocycles. The number of hydrogen-bond donors (Lipinski definition) is 1. The lowest BCUT2D eigenvalue weighted by Crippen LogP contribution is -1.97. The van der Waals surface area contributed by atoms with E-state index in [-0.39, 0.29) is 5.56 Å². The van der Waals surface area contributed by atoms with Crippen LogP contribution in [0.15, 0.2) is 42.6 Å². The second-order valence-electron chi connectivity index (χ2n) is 4.52. The molecule has 0 amide bonds. The van der Waals surface area contributed by atoms with Crippen molar-refractivity contribution in [1.29, 1.82) is 0 Å². The Morgan fingerprint density at radius 3 is 2.63 bits per heavy atom. The molecule has 2 rings (SSSR count). The monoisotopic (exact) mass is 257 g/mol. The van der Waals surface area contributed by atoms with Crippen LogP contribution in [-0.4, -0.2) is 16.1 Å². The van der Waals surface area contributed by atoms with Gasteiger partial charge in [0.15, 0.2) is 0 Å². The van der Waals surface area contributed by atoms with Crippen molar-refractivity contribution in [3.05, 3.63) is 53.7 Å². The van der Waals surface area contributed by atoms with Gasteiger partial charge in [-0.1, -0.05) is 26.0 Å². The van der Waals surface area contributed by atoms with Gasteiger partial charge in [0, 0.05) is 12.3 Å². The number of rotatable bonds is 4. The first-order valence-electron chi connectivity index (χ1n) is 6.03. The van der Waals surface area contributed by atoms with Gasteiger partial charge in [-0.05, 0) is 29.7 Å². The number of aromatic nitrogens is 1. The van der Waals surface area contributed by atoms with Gasteiger partial charge in [0.1, 0.15) is 5.75 Å². The van der Waals surface area contributed by atoms with Crippen LogP contribution in [0.25, 0.3) is 0 Å².